The molecule has 61 heavy (non-hydrogen) atoms. The van der Waals surface area contributed by atoms with Gasteiger partial charge in [0.1, 0.15) is 22.8 Å². The number of halogens is 1. The van der Waals surface area contributed by atoms with Crippen LogP contribution in [0.15, 0.2) is 78.2 Å². The van der Waals surface area contributed by atoms with Crippen molar-refractivity contribution in [2.75, 3.05) is 59.7 Å². The van der Waals surface area contributed by atoms with Crippen LogP contribution in [-0.2, 0) is 28.2 Å². The van der Waals surface area contributed by atoms with Crippen molar-refractivity contribution in [1.29, 1.82) is 0 Å². The number of aliphatic hydroxyl groups is 1. The molecule has 16 heteroatoms. The van der Waals surface area contributed by atoms with Gasteiger partial charge in [0.2, 0.25) is 17.8 Å². The summed E-state index contributed by atoms with van der Waals surface area (Å²) in [6, 6.07) is 17.0. The number of hydrogen-bond donors (Lipinski definition) is 4. The van der Waals surface area contributed by atoms with E-state index in [4.69, 9.17) is 9.97 Å². The first-order valence-electron chi connectivity index (χ1n) is 21.4. The molecular weight excluding hydrogens is 778 g/mol. The van der Waals surface area contributed by atoms with Crippen LogP contribution < -0.4 is 31.3 Å². The van der Waals surface area contributed by atoms with Gasteiger partial charge in [-0.2, -0.15) is 4.98 Å². The Kier molecular flexibility index (Phi) is 9.66. The van der Waals surface area contributed by atoms with Gasteiger partial charge in [0.05, 0.1) is 17.9 Å². The van der Waals surface area contributed by atoms with Crippen LogP contribution >= 0.6 is 0 Å². The van der Waals surface area contributed by atoms with Crippen molar-refractivity contribution in [2.24, 2.45) is 5.41 Å². The maximum Gasteiger partial charge on any atom is 0.278 e. The van der Waals surface area contributed by atoms with Crippen molar-refractivity contribution < 1.29 is 19.1 Å². The Morgan fingerprint density at radius 2 is 1.74 bits per heavy atom. The second-order valence-corrected chi connectivity index (χ2v) is 17.4. The molecule has 4 aliphatic heterocycles. The summed E-state index contributed by atoms with van der Waals surface area (Å²) < 4.78 is 18.4. The van der Waals surface area contributed by atoms with Crippen molar-refractivity contribution in [1.82, 2.24) is 34.5 Å². The predicted octanol–water partition coefficient (Wildman–Crippen LogP) is 4.60. The number of nitrogens with one attached hydrogen (secondary N) is 3. The van der Waals surface area contributed by atoms with Gasteiger partial charge in [-0.25, -0.2) is 23.7 Å². The summed E-state index contributed by atoms with van der Waals surface area (Å²) in [4.78, 5) is 58.4. The number of likely N-dealkylation sites (tertiary alicyclic amines) is 1. The normalized spacial score (nSPS) is 22.5. The van der Waals surface area contributed by atoms with Gasteiger partial charge in [0, 0.05) is 75.0 Å². The lowest BCUT2D eigenvalue weighted by atomic mass is 9.71. The minimum absolute atomic E-state index is 0.245. The molecule has 4 saturated heterocycles. The SMILES string of the molecule is C=CCn1c(=O)c2cnc(Nc3ccc(N4CCC5(CC4)CN(C4CN(c6ccc(NC7CCC(=O)NC7=O)cc6F)C4)C5)cc3)nc2n1-c1ccc2c(n1)[C@@](O)(CC)CC2. The molecule has 3 aromatic heterocycles. The van der Waals surface area contributed by atoms with E-state index in [0.29, 0.717) is 70.6 Å². The first kappa shape index (κ1) is 39.0. The molecule has 2 atom stereocenters. The Hall–Kier alpha value is -6.13. The number of aromatic nitrogens is 5. The number of hydrogen-bond acceptors (Lipinski definition) is 12. The average Bonchev–Trinajstić information content (AvgIpc) is 3.71. The standard InChI is InChI=1S/C45H50FN11O4/c1-3-19-56-42(60)33-23-47-43(52-40(33)57(56)37-13-5-28-15-16-45(61,4-2)39(28)50-37)49-29-6-9-31(10-7-29)53-20-17-44(18-21-53)26-55(27-44)32-24-54(25-32)36-12-8-30(22-34(36)46)48-35-11-14-38(58)51-41(35)59/h3,5-10,12-13,22-23,32,35,48,61H,1,4,11,14-21,24-27H2,2H3,(H,47,49,52)(H,51,58,59)/t35?,45-/m1/s1. The predicted molar refractivity (Wildman–Crippen MR) is 231 cm³/mol. The number of imide groups is 1. The number of rotatable bonds is 11. The molecule has 316 valence electrons. The number of benzene rings is 2. The van der Waals surface area contributed by atoms with Crippen LogP contribution in [-0.4, -0.2) is 97.5 Å². The Morgan fingerprint density at radius 1 is 0.967 bits per heavy atom. The van der Waals surface area contributed by atoms with Crippen molar-refractivity contribution in [3.05, 3.63) is 101 Å². The smallest absolute Gasteiger partial charge is 0.278 e. The molecule has 15 nitrogen and oxygen atoms in total. The molecule has 7 heterocycles. The van der Waals surface area contributed by atoms with Crippen LogP contribution in [0.5, 0.6) is 0 Å². The van der Waals surface area contributed by atoms with Gasteiger partial charge >= 0.3 is 0 Å². The molecule has 1 spiro atoms. The third-order valence-electron chi connectivity index (χ3n) is 13.6. The number of pyridine rings is 1. The highest BCUT2D eigenvalue weighted by Gasteiger charge is 2.49. The molecule has 10 rings (SSSR count). The van der Waals surface area contributed by atoms with E-state index in [1.54, 1.807) is 33.8 Å². The Balaban J connectivity index is 0.738. The molecular formula is C45H50FN11O4. The topological polar surface area (TPSA) is 166 Å². The molecule has 4 fully saturated rings. The molecule has 0 bridgehead atoms. The van der Waals surface area contributed by atoms with E-state index in [1.165, 1.54) is 6.07 Å². The summed E-state index contributed by atoms with van der Waals surface area (Å²) in [6.45, 7) is 11.7. The van der Waals surface area contributed by atoms with Gasteiger partial charge in [-0.05, 0) is 98.0 Å². The van der Waals surface area contributed by atoms with Crippen LogP contribution in [0.25, 0.3) is 16.9 Å². The largest absolute Gasteiger partial charge is 0.384 e. The lowest BCUT2D eigenvalue weighted by molar-refractivity contribution is -0.133. The summed E-state index contributed by atoms with van der Waals surface area (Å²) in [5.41, 5.74) is 4.25. The zero-order valence-corrected chi connectivity index (χ0v) is 34.2. The van der Waals surface area contributed by atoms with Gasteiger partial charge in [0.25, 0.3) is 5.56 Å². The lowest BCUT2D eigenvalue weighted by Gasteiger charge is -2.60. The van der Waals surface area contributed by atoms with Crippen LogP contribution in [0.3, 0.4) is 0 Å². The molecule has 0 radical (unpaired) electrons. The number of carbonyl (C=O) groups excluding carboxylic acids is 2. The number of carbonyl (C=O) groups is 2. The van der Waals surface area contributed by atoms with Gasteiger partial charge in [-0.15, -0.1) is 6.58 Å². The quantitative estimate of drug-likeness (QED) is 0.108. The summed E-state index contributed by atoms with van der Waals surface area (Å²) in [5, 5.41) is 20.3. The highest BCUT2D eigenvalue weighted by molar-refractivity contribution is 6.01. The number of allylic oxidation sites excluding steroid dienone is 1. The summed E-state index contributed by atoms with van der Waals surface area (Å²) in [6.07, 6.45) is 8.03. The molecule has 5 aromatic rings. The van der Waals surface area contributed by atoms with Crippen molar-refractivity contribution in [3.63, 3.8) is 0 Å². The van der Waals surface area contributed by atoms with Crippen LogP contribution in [0.2, 0.25) is 0 Å². The van der Waals surface area contributed by atoms with Crippen LogP contribution in [0, 0.1) is 11.2 Å². The highest BCUT2D eigenvalue weighted by Crippen LogP contribution is 2.44. The van der Waals surface area contributed by atoms with E-state index in [9.17, 15) is 19.5 Å². The Labute approximate surface area is 352 Å². The number of amides is 2. The molecule has 2 aromatic carbocycles. The van der Waals surface area contributed by atoms with Crippen molar-refractivity contribution >= 4 is 51.5 Å². The van der Waals surface area contributed by atoms with E-state index in [2.05, 4.69) is 54.3 Å². The third kappa shape index (κ3) is 7.00. The Morgan fingerprint density at radius 3 is 2.46 bits per heavy atom. The van der Waals surface area contributed by atoms with Gasteiger partial charge < -0.3 is 25.5 Å². The molecule has 4 N–H and O–H groups in total. The number of aryl methyl sites for hydroxylation is 1. The fraction of sp³-hybridized carbons (Fsp3) is 0.422. The Bertz CT molecular complexity index is 2610. The lowest BCUT2D eigenvalue weighted by Crippen LogP contribution is -2.70. The number of anilines is 5. The minimum Gasteiger partial charge on any atom is -0.384 e. The third-order valence-corrected chi connectivity index (χ3v) is 13.6. The fourth-order valence-electron chi connectivity index (χ4n) is 9.90. The maximum absolute atomic E-state index is 15.2. The molecule has 5 aliphatic rings. The van der Waals surface area contributed by atoms with E-state index >= 15 is 4.39 Å². The molecule has 1 unspecified atom stereocenters. The number of fused-ring (bicyclic) bond motifs is 2. The summed E-state index contributed by atoms with van der Waals surface area (Å²) in [5.74, 6) is -0.121. The van der Waals surface area contributed by atoms with Crippen LogP contribution in [0.1, 0.15) is 56.7 Å². The summed E-state index contributed by atoms with van der Waals surface area (Å²) >= 11 is 0. The van der Waals surface area contributed by atoms with E-state index < -0.39 is 11.6 Å². The maximum atomic E-state index is 15.2. The minimum atomic E-state index is -0.997. The molecule has 1 aliphatic carbocycles. The van der Waals surface area contributed by atoms with Gasteiger partial charge in [-0.3, -0.25) is 24.6 Å². The van der Waals surface area contributed by atoms with Crippen LogP contribution in [0.4, 0.5) is 33.1 Å². The van der Waals surface area contributed by atoms with Crippen molar-refractivity contribution in [3.8, 4) is 5.82 Å². The second kappa shape index (κ2) is 15.1. The van der Waals surface area contributed by atoms with E-state index in [-0.39, 0.29) is 36.2 Å². The first-order chi connectivity index (χ1) is 29.5. The number of nitrogens with zero attached hydrogens (tertiary/aromatic N) is 8. The highest BCUT2D eigenvalue weighted by atomic mass is 19.1. The fourth-order valence-corrected chi connectivity index (χ4v) is 9.90. The monoisotopic (exact) mass is 827 g/mol. The summed E-state index contributed by atoms with van der Waals surface area (Å²) in [7, 11) is 0. The number of piperidine rings is 2. The second-order valence-electron chi connectivity index (χ2n) is 17.4. The zero-order chi connectivity index (χ0) is 42.0. The molecule has 2 amide bonds. The average molecular weight is 828 g/mol. The van der Waals surface area contributed by atoms with E-state index in [0.717, 1.165) is 75.5 Å². The van der Waals surface area contributed by atoms with E-state index in [1.807, 2.05) is 31.2 Å². The molecule has 0 saturated carbocycles. The van der Waals surface area contributed by atoms with Crippen molar-refractivity contribution in [2.45, 2.75) is 76.1 Å². The first-order valence-corrected chi connectivity index (χ1v) is 21.4. The van der Waals surface area contributed by atoms with Gasteiger partial charge in [0.15, 0.2) is 11.5 Å². The van der Waals surface area contributed by atoms with Gasteiger partial charge in [-0.1, -0.05) is 19.1 Å². The zero-order valence-electron chi connectivity index (χ0n) is 34.2.